The number of nitrogens with one attached hydrogen (secondary N) is 2. The van der Waals surface area contributed by atoms with Gasteiger partial charge in [0.1, 0.15) is 23.2 Å². The van der Waals surface area contributed by atoms with Crippen LogP contribution >= 0.6 is 0 Å². The zero-order valence-electron chi connectivity index (χ0n) is 29.1. The Hall–Kier alpha value is -4.95. The number of unbranched alkanes of at least 4 members (excludes halogenated alkanes) is 1. The largest absolute Gasteiger partial charge is 0.481 e. The number of aromatic nitrogens is 2. The molecular weight excluding hydrogens is 646 g/mol. The van der Waals surface area contributed by atoms with Crippen molar-refractivity contribution in [3.63, 3.8) is 0 Å². The van der Waals surface area contributed by atoms with Crippen LogP contribution < -0.4 is 15.5 Å². The fourth-order valence-electron chi connectivity index (χ4n) is 6.28. The van der Waals surface area contributed by atoms with E-state index in [4.69, 9.17) is 14.5 Å². The second-order valence-electron chi connectivity index (χ2n) is 13.9. The first kappa shape index (κ1) is 36.3. The Labute approximate surface area is 291 Å². The molecule has 0 unspecified atom stereocenters. The number of aliphatic carboxylic acids is 1. The van der Waals surface area contributed by atoms with E-state index in [0.29, 0.717) is 36.9 Å². The average Bonchev–Trinajstić information content (AvgIpc) is 3.49. The van der Waals surface area contributed by atoms with Crippen LogP contribution in [0.1, 0.15) is 63.9 Å². The molecule has 0 radical (unpaired) electrons. The predicted octanol–water partition coefficient (Wildman–Crippen LogP) is 3.15. The maximum atomic E-state index is 13.8. The van der Waals surface area contributed by atoms with Crippen LogP contribution in [0.2, 0.25) is 0 Å². The number of rotatable bonds is 12. The van der Waals surface area contributed by atoms with Crippen molar-refractivity contribution >= 4 is 35.8 Å². The topological polar surface area (TPSA) is 184 Å². The number of ether oxygens (including phenoxy) is 2. The summed E-state index contributed by atoms with van der Waals surface area (Å²) in [5, 5.41) is 15.1. The Morgan fingerprint density at radius 2 is 1.64 bits per heavy atom. The Morgan fingerprint density at radius 3 is 2.26 bits per heavy atom. The van der Waals surface area contributed by atoms with Crippen molar-refractivity contribution in [1.82, 2.24) is 30.4 Å². The van der Waals surface area contributed by atoms with Crippen molar-refractivity contribution in [2.45, 2.75) is 71.1 Å². The summed E-state index contributed by atoms with van der Waals surface area (Å²) >= 11 is 0. The minimum atomic E-state index is -1.13. The number of benzene rings is 1. The quantitative estimate of drug-likeness (QED) is 0.278. The minimum absolute atomic E-state index is 0.00567. The molecule has 15 nitrogen and oxygen atoms in total. The van der Waals surface area contributed by atoms with Crippen LogP contribution in [0.15, 0.2) is 36.4 Å². The SMILES string of the molecule is CCCCOC(=O)N1CCN(C(=O)[C@H](CCC(=O)O)NC(=O)c2cc(N3C[C@@H]4[C@H](C3)[C@@H]4NC(=O)OC(C)(C)C)nc(-c3ccccc3)n2)CC1. The van der Waals surface area contributed by atoms with Gasteiger partial charge in [-0.25, -0.2) is 19.6 Å². The lowest BCUT2D eigenvalue weighted by molar-refractivity contribution is -0.138. The molecule has 2 saturated heterocycles. The highest BCUT2D eigenvalue weighted by Crippen LogP contribution is 2.46. The van der Waals surface area contributed by atoms with Crippen LogP contribution in [0.4, 0.5) is 15.4 Å². The van der Waals surface area contributed by atoms with Gasteiger partial charge in [-0.3, -0.25) is 14.4 Å². The molecule has 3 heterocycles. The number of nitrogens with zero attached hydrogens (tertiary/aromatic N) is 5. The smallest absolute Gasteiger partial charge is 0.409 e. The number of amides is 4. The number of carboxylic acid groups (broad SMARTS) is 1. The second kappa shape index (κ2) is 15.7. The van der Waals surface area contributed by atoms with Gasteiger partial charge < -0.3 is 39.9 Å². The van der Waals surface area contributed by atoms with Crippen LogP contribution in [-0.4, -0.2) is 118 Å². The van der Waals surface area contributed by atoms with E-state index in [1.54, 1.807) is 6.07 Å². The molecule has 4 amide bonds. The van der Waals surface area contributed by atoms with Crippen molar-refractivity contribution in [3.05, 3.63) is 42.1 Å². The molecule has 1 aromatic heterocycles. The summed E-state index contributed by atoms with van der Waals surface area (Å²) in [6.07, 6.45) is 0.333. The van der Waals surface area contributed by atoms with Gasteiger partial charge in [0.25, 0.3) is 5.91 Å². The van der Waals surface area contributed by atoms with Crippen LogP contribution in [0.25, 0.3) is 11.4 Å². The van der Waals surface area contributed by atoms with Crippen LogP contribution in [-0.2, 0) is 19.1 Å². The third kappa shape index (κ3) is 9.39. The third-order valence-corrected chi connectivity index (χ3v) is 9.00. The summed E-state index contributed by atoms with van der Waals surface area (Å²) in [6.45, 7) is 9.96. The number of alkyl carbamates (subject to hydrolysis) is 1. The van der Waals surface area contributed by atoms with Gasteiger partial charge in [-0.2, -0.15) is 0 Å². The molecule has 0 bridgehead atoms. The van der Waals surface area contributed by atoms with Crippen molar-refractivity contribution in [3.8, 4) is 11.4 Å². The number of fused-ring (bicyclic) bond motifs is 1. The summed E-state index contributed by atoms with van der Waals surface area (Å²) in [5.74, 6) is -0.909. The van der Waals surface area contributed by atoms with Crippen LogP contribution in [0.3, 0.4) is 0 Å². The fourth-order valence-corrected chi connectivity index (χ4v) is 6.28. The molecule has 2 aliphatic heterocycles. The Balaban J connectivity index is 1.28. The highest BCUT2D eigenvalue weighted by atomic mass is 16.6. The first-order chi connectivity index (χ1) is 23.8. The molecule has 270 valence electrons. The molecule has 0 spiro atoms. The highest BCUT2D eigenvalue weighted by molar-refractivity contribution is 5.97. The van der Waals surface area contributed by atoms with Gasteiger partial charge in [0.05, 0.1) is 6.61 Å². The molecule has 1 aliphatic carbocycles. The normalized spacial score (nSPS) is 20.4. The van der Waals surface area contributed by atoms with Crippen LogP contribution in [0, 0.1) is 11.8 Å². The van der Waals surface area contributed by atoms with Crippen molar-refractivity contribution in [2.75, 3.05) is 50.8 Å². The van der Waals surface area contributed by atoms with Gasteiger partial charge in [-0.15, -0.1) is 0 Å². The zero-order valence-corrected chi connectivity index (χ0v) is 29.1. The van der Waals surface area contributed by atoms with Gasteiger partial charge in [-0.05, 0) is 33.6 Å². The fraction of sp³-hybridized carbons (Fsp3) is 0.571. The molecule has 3 aliphatic rings. The summed E-state index contributed by atoms with van der Waals surface area (Å²) in [5.41, 5.74) is 0.133. The summed E-state index contributed by atoms with van der Waals surface area (Å²) in [7, 11) is 0. The average molecular weight is 694 g/mol. The van der Waals surface area contributed by atoms with E-state index in [-0.39, 0.29) is 62.6 Å². The standard InChI is InChI=1S/C35H47N7O8/c1-5-6-18-49-34(48)41-16-14-40(15-17-41)32(46)25(12-13-28(43)44)37-31(45)26-19-27(38-30(36-26)22-10-8-7-9-11-22)42-20-23-24(21-42)29(23)39-33(47)50-35(2,3)4/h7-11,19,23-25,29H,5-6,12-18,20-21H2,1-4H3,(H,37,45)(H,39,47)(H,43,44)/t23-,24+,25-,29-/m0/s1. The van der Waals surface area contributed by atoms with Gasteiger partial charge >= 0.3 is 18.2 Å². The molecule has 1 saturated carbocycles. The lowest BCUT2D eigenvalue weighted by Gasteiger charge is -2.36. The number of piperidine rings is 1. The molecule has 1 aromatic carbocycles. The number of carbonyl (C=O) groups excluding carboxylic acids is 4. The second-order valence-corrected chi connectivity index (χ2v) is 13.9. The number of carbonyl (C=O) groups is 5. The molecule has 50 heavy (non-hydrogen) atoms. The Morgan fingerprint density at radius 1 is 0.980 bits per heavy atom. The molecular formula is C35H47N7O8. The molecule has 3 N–H and O–H groups in total. The molecule has 3 fully saturated rings. The van der Waals surface area contributed by atoms with E-state index < -0.39 is 41.6 Å². The number of carboxylic acids is 1. The van der Waals surface area contributed by atoms with Gasteiger partial charge in [0.15, 0.2) is 5.82 Å². The number of hydrogen-bond donors (Lipinski definition) is 3. The third-order valence-electron chi connectivity index (χ3n) is 9.00. The number of hydrogen-bond acceptors (Lipinski definition) is 10. The lowest BCUT2D eigenvalue weighted by Crippen LogP contribution is -2.56. The summed E-state index contributed by atoms with van der Waals surface area (Å²) in [4.78, 5) is 78.1. The predicted molar refractivity (Wildman–Crippen MR) is 182 cm³/mol. The van der Waals surface area contributed by atoms with Crippen LogP contribution in [0.5, 0.6) is 0 Å². The maximum absolute atomic E-state index is 13.8. The van der Waals surface area contributed by atoms with E-state index in [1.807, 2.05) is 62.9 Å². The monoisotopic (exact) mass is 693 g/mol. The van der Waals surface area contributed by atoms with E-state index in [9.17, 15) is 29.1 Å². The first-order valence-electron chi connectivity index (χ1n) is 17.2. The van der Waals surface area contributed by atoms with Gasteiger partial charge in [0.2, 0.25) is 5.91 Å². The van der Waals surface area contributed by atoms with E-state index >= 15 is 0 Å². The van der Waals surface area contributed by atoms with Crippen molar-refractivity contribution < 1.29 is 38.6 Å². The molecule has 15 heteroatoms. The summed E-state index contributed by atoms with van der Waals surface area (Å²) < 4.78 is 10.7. The summed E-state index contributed by atoms with van der Waals surface area (Å²) in [6, 6.07) is 9.66. The van der Waals surface area contributed by atoms with Crippen molar-refractivity contribution in [1.29, 1.82) is 0 Å². The van der Waals surface area contributed by atoms with E-state index in [2.05, 4.69) is 15.6 Å². The Kier molecular flexibility index (Phi) is 11.4. The van der Waals surface area contributed by atoms with E-state index in [1.165, 1.54) is 9.80 Å². The van der Waals surface area contributed by atoms with Crippen molar-refractivity contribution in [2.24, 2.45) is 11.8 Å². The molecule has 5 rings (SSSR count). The lowest BCUT2D eigenvalue weighted by atomic mass is 10.1. The van der Waals surface area contributed by atoms with E-state index in [0.717, 1.165) is 12.8 Å². The molecule has 2 aromatic rings. The maximum Gasteiger partial charge on any atom is 0.409 e. The van der Waals surface area contributed by atoms with Gasteiger partial charge in [0, 0.05) is 75.2 Å². The minimum Gasteiger partial charge on any atom is -0.481 e. The van der Waals surface area contributed by atoms with Gasteiger partial charge in [-0.1, -0.05) is 43.7 Å². The highest BCUT2D eigenvalue weighted by Gasteiger charge is 2.57. The number of anilines is 1. The first-order valence-corrected chi connectivity index (χ1v) is 17.2. The number of piperazine rings is 1. The molecule has 4 atom stereocenters. The zero-order chi connectivity index (χ0) is 36.0. The Bertz CT molecular complexity index is 1550.